The molecule has 1 aromatic heterocycles. The van der Waals surface area contributed by atoms with Crippen molar-refractivity contribution in [1.29, 1.82) is 0 Å². The number of halogens is 1. The maximum atomic E-state index is 11.6. The SMILES string of the molecule is CCOC(=O)Cc1coc2cc(NC(C)=S)c(I)cc12. The molecule has 0 aliphatic heterocycles. The van der Waals surface area contributed by atoms with Crippen LogP contribution < -0.4 is 5.32 Å². The summed E-state index contributed by atoms with van der Waals surface area (Å²) in [5, 5.41) is 4.03. The second-order valence-electron chi connectivity index (χ2n) is 4.25. The Morgan fingerprint density at radius 2 is 2.25 bits per heavy atom. The van der Waals surface area contributed by atoms with Crippen molar-refractivity contribution in [1.82, 2.24) is 0 Å². The number of nitrogens with one attached hydrogen (secondary N) is 1. The van der Waals surface area contributed by atoms with E-state index in [1.54, 1.807) is 13.2 Å². The molecule has 4 nitrogen and oxygen atoms in total. The molecule has 0 fully saturated rings. The first-order valence-corrected chi connectivity index (χ1v) is 7.62. The van der Waals surface area contributed by atoms with Gasteiger partial charge in [-0.2, -0.15) is 0 Å². The zero-order valence-corrected chi connectivity index (χ0v) is 14.1. The highest BCUT2D eigenvalue weighted by Crippen LogP contribution is 2.29. The van der Waals surface area contributed by atoms with Crippen LogP contribution in [0.5, 0.6) is 0 Å². The normalized spacial score (nSPS) is 10.6. The van der Waals surface area contributed by atoms with E-state index in [0.29, 0.717) is 11.6 Å². The Labute approximate surface area is 136 Å². The van der Waals surface area contributed by atoms with Crippen LogP contribution in [-0.4, -0.2) is 17.6 Å². The van der Waals surface area contributed by atoms with Gasteiger partial charge in [0.05, 0.1) is 30.0 Å². The lowest BCUT2D eigenvalue weighted by atomic mass is 10.1. The van der Waals surface area contributed by atoms with Crippen molar-refractivity contribution >= 4 is 62.4 Å². The summed E-state index contributed by atoms with van der Waals surface area (Å²) in [6, 6.07) is 3.87. The van der Waals surface area contributed by atoms with Crippen molar-refractivity contribution in [3.63, 3.8) is 0 Å². The van der Waals surface area contributed by atoms with Gasteiger partial charge < -0.3 is 14.5 Å². The second kappa shape index (κ2) is 6.53. The average Bonchev–Trinajstić information content (AvgIpc) is 2.72. The van der Waals surface area contributed by atoms with Gasteiger partial charge in [-0.05, 0) is 42.5 Å². The molecule has 1 heterocycles. The summed E-state index contributed by atoms with van der Waals surface area (Å²) in [7, 11) is 0. The number of carbonyl (C=O) groups excluding carboxylic acids is 1. The van der Waals surface area contributed by atoms with E-state index < -0.39 is 0 Å². The van der Waals surface area contributed by atoms with Crippen LogP contribution in [0.15, 0.2) is 22.8 Å². The number of hydrogen-bond acceptors (Lipinski definition) is 4. The van der Waals surface area contributed by atoms with Crippen LogP contribution in [0.4, 0.5) is 5.69 Å². The van der Waals surface area contributed by atoms with Crippen molar-refractivity contribution in [3.8, 4) is 0 Å². The van der Waals surface area contributed by atoms with Crippen LogP contribution >= 0.6 is 34.8 Å². The van der Waals surface area contributed by atoms with Crippen molar-refractivity contribution < 1.29 is 13.9 Å². The molecule has 20 heavy (non-hydrogen) atoms. The molecule has 106 valence electrons. The van der Waals surface area contributed by atoms with Crippen LogP contribution in [-0.2, 0) is 16.0 Å². The number of furan rings is 1. The molecule has 2 aromatic rings. The lowest BCUT2D eigenvalue weighted by Crippen LogP contribution is -2.07. The predicted molar refractivity (Wildman–Crippen MR) is 91.2 cm³/mol. The number of thiocarbonyl (C=S) groups is 1. The first kappa shape index (κ1) is 15.2. The molecule has 0 saturated heterocycles. The summed E-state index contributed by atoms with van der Waals surface area (Å²) in [6.45, 7) is 4.00. The summed E-state index contributed by atoms with van der Waals surface area (Å²) >= 11 is 7.27. The highest BCUT2D eigenvalue weighted by atomic mass is 127. The van der Waals surface area contributed by atoms with E-state index in [9.17, 15) is 4.79 Å². The van der Waals surface area contributed by atoms with Gasteiger partial charge in [0.15, 0.2) is 0 Å². The fourth-order valence-electron chi connectivity index (χ4n) is 1.89. The highest BCUT2D eigenvalue weighted by molar-refractivity contribution is 14.1. The molecule has 0 spiro atoms. The van der Waals surface area contributed by atoms with Gasteiger partial charge in [0.2, 0.25) is 0 Å². The van der Waals surface area contributed by atoms with E-state index in [2.05, 4.69) is 27.9 Å². The van der Waals surface area contributed by atoms with Gasteiger partial charge in [-0.25, -0.2) is 0 Å². The molecule has 6 heteroatoms. The molecule has 0 radical (unpaired) electrons. The topological polar surface area (TPSA) is 51.5 Å². The Morgan fingerprint density at radius 1 is 1.50 bits per heavy atom. The van der Waals surface area contributed by atoms with Gasteiger partial charge in [0.25, 0.3) is 0 Å². The van der Waals surface area contributed by atoms with E-state index in [1.165, 1.54) is 0 Å². The third-order valence-electron chi connectivity index (χ3n) is 2.69. The van der Waals surface area contributed by atoms with Gasteiger partial charge in [-0.15, -0.1) is 0 Å². The summed E-state index contributed by atoms with van der Waals surface area (Å²) in [6.07, 6.45) is 1.82. The lowest BCUT2D eigenvalue weighted by Gasteiger charge is -2.07. The molecule has 0 aliphatic carbocycles. The van der Waals surface area contributed by atoms with Gasteiger partial charge in [-0.3, -0.25) is 4.79 Å². The standard InChI is InChI=1S/C14H14INO3S/c1-3-18-14(17)4-9-7-19-13-6-12(16-8(2)20)11(15)5-10(9)13/h5-7H,3-4H2,1-2H3,(H,16,20). The predicted octanol–water partition coefficient (Wildman–Crippen LogP) is 3.90. The number of fused-ring (bicyclic) bond motifs is 1. The van der Waals surface area contributed by atoms with E-state index in [1.807, 2.05) is 19.1 Å². The smallest absolute Gasteiger partial charge is 0.310 e. The number of rotatable bonds is 4. The van der Waals surface area contributed by atoms with Crippen molar-refractivity contribution in [2.24, 2.45) is 0 Å². The summed E-state index contributed by atoms with van der Waals surface area (Å²) < 4.78 is 11.5. The summed E-state index contributed by atoms with van der Waals surface area (Å²) in [5.74, 6) is -0.248. The quantitative estimate of drug-likeness (QED) is 0.477. The lowest BCUT2D eigenvalue weighted by molar-refractivity contribution is -0.142. The first-order chi connectivity index (χ1) is 9.51. The zero-order chi connectivity index (χ0) is 14.7. The molecule has 0 bridgehead atoms. The Hall–Kier alpha value is -1.15. The number of hydrogen-bond donors (Lipinski definition) is 1. The fourth-order valence-corrected chi connectivity index (χ4v) is 2.60. The first-order valence-electron chi connectivity index (χ1n) is 6.14. The number of carbonyl (C=O) groups is 1. The van der Waals surface area contributed by atoms with Crippen molar-refractivity contribution in [2.45, 2.75) is 20.3 Å². The number of anilines is 1. The largest absolute Gasteiger partial charge is 0.466 e. The average molecular weight is 403 g/mol. The highest BCUT2D eigenvalue weighted by Gasteiger charge is 2.13. The molecular weight excluding hydrogens is 389 g/mol. The zero-order valence-electron chi connectivity index (χ0n) is 11.2. The van der Waals surface area contributed by atoms with Gasteiger partial charge in [0.1, 0.15) is 5.58 Å². The summed E-state index contributed by atoms with van der Waals surface area (Å²) in [4.78, 5) is 12.3. The minimum atomic E-state index is -0.248. The van der Waals surface area contributed by atoms with Gasteiger partial charge in [-0.1, -0.05) is 12.2 Å². The van der Waals surface area contributed by atoms with Gasteiger partial charge >= 0.3 is 5.97 Å². The monoisotopic (exact) mass is 403 g/mol. The molecule has 0 unspecified atom stereocenters. The van der Waals surface area contributed by atoms with E-state index in [-0.39, 0.29) is 12.4 Å². The third kappa shape index (κ3) is 3.49. The summed E-state index contributed by atoms with van der Waals surface area (Å²) in [5.41, 5.74) is 2.47. The van der Waals surface area contributed by atoms with Crippen LogP contribution in [0.3, 0.4) is 0 Å². The molecule has 1 aromatic carbocycles. The van der Waals surface area contributed by atoms with E-state index in [0.717, 1.165) is 25.8 Å². The van der Waals surface area contributed by atoms with Gasteiger partial charge in [0, 0.05) is 20.6 Å². The van der Waals surface area contributed by atoms with Crippen molar-refractivity contribution in [3.05, 3.63) is 27.5 Å². The number of esters is 1. The van der Waals surface area contributed by atoms with Crippen LogP contribution in [0.25, 0.3) is 11.0 Å². The maximum absolute atomic E-state index is 11.6. The molecule has 0 aliphatic rings. The number of benzene rings is 1. The molecule has 0 saturated carbocycles. The molecule has 0 atom stereocenters. The van der Waals surface area contributed by atoms with Crippen LogP contribution in [0, 0.1) is 3.57 Å². The van der Waals surface area contributed by atoms with Crippen LogP contribution in [0.1, 0.15) is 19.4 Å². The molecule has 0 amide bonds. The Kier molecular flexibility index (Phi) is 4.98. The third-order valence-corrected chi connectivity index (χ3v) is 3.69. The Bertz CT molecular complexity index is 666. The molecule has 2 rings (SSSR count). The Morgan fingerprint density at radius 3 is 2.90 bits per heavy atom. The second-order valence-corrected chi connectivity index (χ2v) is 6.03. The minimum absolute atomic E-state index is 0.218. The minimum Gasteiger partial charge on any atom is -0.466 e. The van der Waals surface area contributed by atoms with E-state index in [4.69, 9.17) is 21.4 Å². The fraction of sp³-hybridized carbons (Fsp3) is 0.286. The maximum Gasteiger partial charge on any atom is 0.310 e. The van der Waals surface area contributed by atoms with Crippen LogP contribution in [0.2, 0.25) is 0 Å². The Balaban J connectivity index is 2.34. The number of ether oxygens (including phenoxy) is 1. The van der Waals surface area contributed by atoms with E-state index >= 15 is 0 Å². The van der Waals surface area contributed by atoms with Crippen molar-refractivity contribution in [2.75, 3.05) is 11.9 Å². The molecular formula is C14H14INO3S. The molecule has 1 N–H and O–H groups in total.